The second kappa shape index (κ2) is 8.71. The predicted molar refractivity (Wildman–Crippen MR) is 113 cm³/mol. The van der Waals surface area contributed by atoms with E-state index < -0.39 is 0 Å². The maximum absolute atomic E-state index is 13.6. The lowest BCUT2D eigenvalue weighted by Gasteiger charge is -2.34. The summed E-state index contributed by atoms with van der Waals surface area (Å²) in [6, 6.07) is 6.36. The van der Waals surface area contributed by atoms with Crippen LogP contribution in [-0.4, -0.2) is 49.4 Å². The van der Waals surface area contributed by atoms with Gasteiger partial charge in [0, 0.05) is 37.2 Å². The molecule has 1 fully saturated rings. The summed E-state index contributed by atoms with van der Waals surface area (Å²) in [7, 11) is 1.56. The van der Waals surface area contributed by atoms with Crippen LogP contribution < -0.4 is 16.5 Å². The highest BCUT2D eigenvalue weighted by Crippen LogP contribution is 2.26. The zero-order valence-corrected chi connectivity index (χ0v) is 16.9. The highest BCUT2D eigenvalue weighted by molar-refractivity contribution is 5.98. The fourth-order valence-corrected chi connectivity index (χ4v) is 3.99. The summed E-state index contributed by atoms with van der Waals surface area (Å²) in [6.07, 6.45) is 7.03. The van der Waals surface area contributed by atoms with Crippen LogP contribution in [0.15, 0.2) is 59.1 Å². The first-order valence-corrected chi connectivity index (χ1v) is 10.1. The van der Waals surface area contributed by atoms with Gasteiger partial charge in [-0.15, -0.1) is 0 Å². The van der Waals surface area contributed by atoms with E-state index >= 15 is 0 Å². The fraction of sp³-hybridized carbons (Fsp3) is 0.364. The Morgan fingerprint density at radius 2 is 2.13 bits per heavy atom. The highest BCUT2D eigenvalue weighted by Gasteiger charge is 2.29. The number of amides is 1. The molecule has 3 heterocycles. The van der Waals surface area contributed by atoms with E-state index in [1.807, 2.05) is 23.1 Å². The standard InChI is InChI=1S/C22H26FN5O2/c1-30-20-12-19(25-13-17(20)15-3-2-4-16(23)11-15)22(29)28-9-7-14(8-10-28)18-5-6-21(24)27-26-18/h2-6,11-12,14,21,25,27H,7-10,13,24H2,1H3. The van der Waals surface area contributed by atoms with Crippen molar-refractivity contribution in [2.45, 2.75) is 19.0 Å². The van der Waals surface area contributed by atoms with Crippen LogP contribution in [-0.2, 0) is 9.53 Å². The molecule has 1 aromatic rings. The first kappa shape index (κ1) is 20.2. The van der Waals surface area contributed by atoms with Gasteiger partial charge >= 0.3 is 0 Å². The minimum atomic E-state index is -0.307. The quantitative estimate of drug-likeness (QED) is 0.702. The SMILES string of the molecule is COC1=C(c2cccc(F)c2)CNC(C(=O)N2CCC(C3=NNC(N)C=C3)CC2)=C1. The third-order valence-corrected chi connectivity index (χ3v) is 5.67. The molecule has 0 aromatic heterocycles. The number of piperidine rings is 1. The third-order valence-electron chi connectivity index (χ3n) is 5.67. The number of methoxy groups -OCH3 is 1. The number of hydrazone groups is 1. The fourth-order valence-electron chi connectivity index (χ4n) is 3.99. The third kappa shape index (κ3) is 4.23. The maximum Gasteiger partial charge on any atom is 0.270 e. The number of likely N-dealkylation sites (tertiary alicyclic amines) is 1. The molecule has 0 saturated carbocycles. The van der Waals surface area contributed by atoms with E-state index in [9.17, 15) is 9.18 Å². The van der Waals surface area contributed by atoms with E-state index in [1.165, 1.54) is 12.1 Å². The van der Waals surface area contributed by atoms with Crippen molar-refractivity contribution in [2.24, 2.45) is 16.8 Å². The Hall–Kier alpha value is -3.13. The highest BCUT2D eigenvalue weighted by atomic mass is 19.1. The summed E-state index contributed by atoms with van der Waals surface area (Å²) < 4.78 is 19.1. The zero-order chi connectivity index (χ0) is 21.1. The van der Waals surface area contributed by atoms with Gasteiger partial charge in [0.15, 0.2) is 0 Å². The van der Waals surface area contributed by atoms with Gasteiger partial charge in [-0.05, 0) is 42.7 Å². The first-order valence-electron chi connectivity index (χ1n) is 10.1. The zero-order valence-electron chi connectivity index (χ0n) is 16.9. The van der Waals surface area contributed by atoms with Gasteiger partial charge in [0.05, 0.1) is 12.8 Å². The predicted octanol–water partition coefficient (Wildman–Crippen LogP) is 1.71. The summed E-state index contributed by atoms with van der Waals surface area (Å²) in [5.41, 5.74) is 11.7. The second-order valence-electron chi connectivity index (χ2n) is 7.59. The molecule has 1 saturated heterocycles. The number of nitrogens with two attached hydrogens (primary N) is 1. The van der Waals surface area contributed by atoms with Crippen molar-refractivity contribution in [1.82, 2.24) is 15.6 Å². The Balaban J connectivity index is 1.44. The molecule has 3 aliphatic heterocycles. The molecule has 158 valence electrons. The number of benzene rings is 1. The van der Waals surface area contributed by atoms with Gasteiger partial charge in [-0.1, -0.05) is 12.1 Å². The van der Waals surface area contributed by atoms with Crippen molar-refractivity contribution in [1.29, 1.82) is 0 Å². The van der Waals surface area contributed by atoms with E-state index in [2.05, 4.69) is 15.8 Å². The van der Waals surface area contributed by atoms with Crippen molar-refractivity contribution >= 4 is 17.2 Å². The van der Waals surface area contributed by atoms with Crippen molar-refractivity contribution in [3.63, 3.8) is 0 Å². The van der Waals surface area contributed by atoms with Crippen molar-refractivity contribution < 1.29 is 13.9 Å². The number of halogens is 1. The lowest BCUT2D eigenvalue weighted by atomic mass is 9.91. The van der Waals surface area contributed by atoms with Crippen LogP contribution in [0.1, 0.15) is 18.4 Å². The summed E-state index contributed by atoms with van der Waals surface area (Å²) in [6.45, 7) is 1.71. The number of hydrogen-bond donors (Lipinski definition) is 3. The molecule has 0 radical (unpaired) electrons. The van der Waals surface area contributed by atoms with Gasteiger partial charge < -0.3 is 20.7 Å². The Morgan fingerprint density at radius 3 is 2.80 bits per heavy atom. The molecule has 0 bridgehead atoms. The molecule has 3 aliphatic rings. The molecule has 30 heavy (non-hydrogen) atoms. The molecule has 1 atom stereocenters. The summed E-state index contributed by atoms with van der Waals surface area (Å²) in [5.74, 6) is 0.524. The average molecular weight is 411 g/mol. The first-order chi connectivity index (χ1) is 14.5. The molecule has 0 aliphatic carbocycles. The normalized spacial score (nSPS) is 22.1. The summed E-state index contributed by atoms with van der Waals surface area (Å²) in [4.78, 5) is 14.9. The van der Waals surface area contributed by atoms with Crippen LogP contribution in [0.2, 0.25) is 0 Å². The van der Waals surface area contributed by atoms with Crippen molar-refractivity contribution in [3.05, 3.63) is 65.3 Å². The minimum Gasteiger partial charge on any atom is -0.496 e. The molecule has 1 aromatic carbocycles. The number of dihydropyridines is 1. The molecule has 4 rings (SSSR count). The molecular formula is C22H26FN5O2. The second-order valence-corrected chi connectivity index (χ2v) is 7.59. The van der Waals surface area contributed by atoms with Crippen LogP contribution in [0.25, 0.3) is 5.57 Å². The van der Waals surface area contributed by atoms with Crippen LogP contribution in [0.5, 0.6) is 0 Å². The van der Waals surface area contributed by atoms with E-state index in [-0.39, 0.29) is 17.9 Å². The molecular weight excluding hydrogens is 385 g/mol. The molecule has 1 amide bonds. The molecule has 8 heteroatoms. The number of carbonyl (C=O) groups is 1. The van der Waals surface area contributed by atoms with Crippen molar-refractivity contribution in [2.75, 3.05) is 26.7 Å². The molecule has 7 nitrogen and oxygen atoms in total. The number of allylic oxidation sites excluding steroid dienone is 2. The summed E-state index contributed by atoms with van der Waals surface area (Å²) in [5, 5.41) is 7.52. The Morgan fingerprint density at radius 1 is 1.33 bits per heavy atom. The van der Waals surface area contributed by atoms with Crippen LogP contribution in [0.3, 0.4) is 0 Å². The van der Waals surface area contributed by atoms with Crippen LogP contribution >= 0.6 is 0 Å². The Labute approximate surface area is 175 Å². The lowest BCUT2D eigenvalue weighted by Crippen LogP contribution is -2.44. The molecule has 1 unspecified atom stereocenters. The van der Waals surface area contributed by atoms with Gasteiger partial charge in [-0.3, -0.25) is 10.2 Å². The van der Waals surface area contributed by atoms with E-state index in [0.717, 1.165) is 29.7 Å². The minimum absolute atomic E-state index is 0.0532. The number of nitrogens with zero attached hydrogens (tertiary/aromatic N) is 2. The largest absolute Gasteiger partial charge is 0.496 e. The molecule has 0 spiro atoms. The van der Waals surface area contributed by atoms with Crippen LogP contribution in [0.4, 0.5) is 4.39 Å². The number of nitrogens with one attached hydrogen (secondary N) is 2. The smallest absolute Gasteiger partial charge is 0.270 e. The van der Waals surface area contributed by atoms with Gasteiger partial charge in [-0.25, -0.2) is 4.39 Å². The van der Waals surface area contributed by atoms with Gasteiger partial charge in [0.1, 0.15) is 23.4 Å². The monoisotopic (exact) mass is 411 g/mol. The van der Waals surface area contributed by atoms with Gasteiger partial charge in [-0.2, -0.15) is 5.10 Å². The van der Waals surface area contributed by atoms with E-state index in [1.54, 1.807) is 19.3 Å². The van der Waals surface area contributed by atoms with Crippen molar-refractivity contribution in [3.8, 4) is 0 Å². The number of hydrogen-bond acceptors (Lipinski definition) is 6. The molecule has 4 N–H and O–H groups in total. The topological polar surface area (TPSA) is 92.0 Å². The number of carbonyl (C=O) groups excluding carboxylic acids is 1. The Bertz CT molecular complexity index is 945. The average Bonchev–Trinajstić information content (AvgIpc) is 2.79. The Kier molecular flexibility index (Phi) is 5.85. The van der Waals surface area contributed by atoms with Gasteiger partial charge in [0.2, 0.25) is 0 Å². The lowest BCUT2D eigenvalue weighted by molar-refractivity contribution is -0.128. The number of ether oxygens (including phenoxy) is 1. The van der Waals surface area contributed by atoms with Crippen LogP contribution in [0, 0.1) is 11.7 Å². The van der Waals surface area contributed by atoms with E-state index in [4.69, 9.17) is 10.5 Å². The van der Waals surface area contributed by atoms with Gasteiger partial charge in [0.25, 0.3) is 5.91 Å². The van der Waals surface area contributed by atoms with E-state index in [0.29, 0.717) is 37.0 Å². The maximum atomic E-state index is 13.6. The number of rotatable bonds is 4. The summed E-state index contributed by atoms with van der Waals surface area (Å²) >= 11 is 0.